The molecular weight excluding hydrogens is 236 g/mol. The summed E-state index contributed by atoms with van der Waals surface area (Å²) in [6.07, 6.45) is 7.40. The normalized spacial score (nSPS) is 10.6. The molecule has 2 heterocycles. The molecule has 19 heavy (non-hydrogen) atoms. The van der Waals surface area contributed by atoms with E-state index in [1.807, 2.05) is 29.8 Å². The molecule has 4 nitrogen and oxygen atoms in total. The van der Waals surface area contributed by atoms with Gasteiger partial charge in [0.25, 0.3) is 0 Å². The van der Waals surface area contributed by atoms with Crippen LogP contribution in [0.3, 0.4) is 0 Å². The van der Waals surface area contributed by atoms with Crippen molar-refractivity contribution in [2.45, 2.75) is 33.2 Å². The highest BCUT2D eigenvalue weighted by Gasteiger charge is 2.16. The summed E-state index contributed by atoms with van der Waals surface area (Å²) in [7, 11) is 0. The highest BCUT2D eigenvalue weighted by atomic mass is 15.1. The minimum Gasteiger partial charge on any atom is -0.383 e. The predicted molar refractivity (Wildman–Crippen MR) is 78.8 cm³/mol. The smallest absolute Gasteiger partial charge is 0.132 e. The minimum absolute atomic E-state index is 0.688. The van der Waals surface area contributed by atoms with Crippen molar-refractivity contribution in [2.75, 3.05) is 5.73 Å². The lowest BCUT2D eigenvalue weighted by Crippen LogP contribution is -2.05. The van der Waals surface area contributed by atoms with Gasteiger partial charge in [0.2, 0.25) is 0 Å². The average molecular weight is 256 g/mol. The Kier molecular flexibility index (Phi) is 4.00. The van der Waals surface area contributed by atoms with Gasteiger partial charge in [0, 0.05) is 30.9 Å². The summed E-state index contributed by atoms with van der Waals surface area (Å²) in [6.45, 7) is 8.65. The molecule has 0 atom stereocenters. The first-order valence-electron chi connectivity index (χ1n) is 6.55. The van der Waals surface area contributed by atoms with Crippen LogP contribution < -0.4 is 5.73 Å². The Hall–Kier alpha value is -2.10. The largest absolute Gasteiger partial charge is 0.383 e. The van der Waals surface area contributed by atoms with Crippen LogP contribution in [0.5, 0.6) is 0 Å². The van der Waals surface area contributed by atoms with Gasteiger partial charge in [-0.1, -0.05) is 13.0 Å². The lowest BCUT2D eigenvalue weighted by molar-refractivity contribution is 0.724. The molecule has 0 aliphatic rings. The summed E-state index contributed by atoms with van der Waals surface area (Å²) in [5.74, 6) is 1.71. The Morgan fingerprint density at radius 3 is 2.89 bits per heavy atom. The van der Waals surface area contributed by atoms with Crippen molar-refractivity contribution in [3.8, 4) is 11.3 Å². The van der Waals surface area contributed by atoms with Crippen LogP contribution in [0.4, 0.5) is 5.82 Å². The number of nitrogen functional groups attached to an aromatic ring is 1. The summed E-state index contributed by atoms with van der Waals surface area (Å²) in [5.41, 5.74) is 9.21. The number of nitrogens with zero attached hydrogens (tertiary/aromatic N) is 3. The van der Waals surface area contributed by atoms with Gasteiger partial charge in [-0.15, -0.1) is 6.58 Å². The first-order chi connectivity index (χ1) is 9.19. The molecule has 0 spiro atoms. The van der Waals surface area contributed by atoms with Gasteiger partial charge in [-0.3, -0.25) is 4.98 Å². The number of hydrogen-bond donors (Lipinski definition) is 1. The van der Waals surface area contributed by atoms with Crippen LogP contribution in [-0.4, -0.2) is 14.5 Å². The Bertz CT molecular complexity index is 584. The van der Waals surface area contributed by atoms with Gasteiger partial charge in [0.1, 0.15) is 17.3 Å². The summed E-state index contributed by atoms with van der Waals surface area (Å²) in [5, 5.41) is 0. The van der Waals surface area contributed by atoms with Crippen LogP contribution in [0.1, 0.15) is 24.7 Å². The van der Waals surface area contributed by atoms with Crippen molar-refractivity contribution < 1.29 is 0 Å². The molecule has 0 aliphatic heterocycles. The highest BCUT2D eigenvalue weighted by molar-refractivity contribution is 5.73. The molecule has 2 aromatic rings. The lowest BCUT2D eigenvalue weighted by Gasteiger charge is -2.06. The Labute approximate surface area is 114 Å². The second kappa shape index (κ2) is 5.69. The van der Waals surface area contributed by atoms with E-state index < -0.39 is 0 Å². The van der Waals surface area contributed by atoms with E-state index >= 15 is 0 Å². The molecule has 0 fully saturated rings. The van der Waals surface area contributed by atoms with Crippen LogP contribution in [0.25, 0.3) is 11.3 Å². The fourth-order valence-electron chi connectivity index (χ4n) is 2.17. The van der Waals surface area contributed by atoms with Crippen molar-refractivity contribution in [2.24, 2.45) is 0 Å². The highest BCUT2D eigenvalue weighted by Crippen LogP contribution is 2.28. The van der Waals surface area contributed by atoms with Crippen LogP contribution in [-0.2, 0) is 13.0 Å². The SMILES string of the molecule is C=CCn1c(CCC)nc(-c2cnccc2C)c1N. The molecule has 2 N–H and O–H groups in total. The van der Waals surface area contributed by atoms with E-state index in [1.165, 1.54) is 0 Å². The summed E-state index contributed by atoms with van der Waals surface area (Å²) in [6, 6.07) is 1.97. The summed E-state index contributed by atoms with van der Waals surface area (Å²) < 4.78 is 2.03. The maximum Gasteiger partial charge on any atom is 0.132 e. The van der Waals surface area contributed by atoms with Crippen molar-refractivity contribution in [3.63, 3.8) is 0 Å². The van der Waals surface area contributed by atoms with E-state index in [0.29, 0.717) is 12.4 Å². The molecule has 100 valence electrons. The molecule has 0 amide bonds. The molecule has 2 aromatic heterocycles. The second-order valence-corrected chi connectivity index (χ2v) is 4.60. The molecule has 4 heteroatoms. The maximum atomic E-state index is 6.25. The van der Waals surface area contributed by atoms with Crippen molar-refractivity contribution in [1.29, 1.82) is 0 Å². The van der Waals surface area contributed by atoms with E-state index in [2.05, 4.69) is 18.5 Å². The topological polar surface area (TPSA) is 56.7 Å². The molecule has 0 bridgehead atoms. The van der Waals surface area contributed by atoms with Gasteiger partial charge in [0.05, 0.1) is 0 Å². The van der Waals surface area contributed by atoms with Crippen LogP contribution in [0.2, 0.25) is 0 Å². The number of aryl methyl sites for hydroxylation is 2. The molecule has 0 saturated heterocycles. The third-order valence-corrected chi connectivity index (χ3v) is 3.17. The third kappa shape index (κ3) is 2.52. The van der Waals surface area contributed by atoms with E-state index in [4.69, 9.17) is 10.7 Å². The zero-order valence-corrected chi connectivity index (χ0v) is 11.6. The summed E-state index contributed by atoms with van der Waals surface area (Å²) >= 11 is 0. The van der Waals surface area contributed by atoms with E-state index in [1.54, 1.807) is 6.20 Å². The number of allylic oxidation sites excluding steroid dienone is 1. The molecule has 2 rings (SSSR count). The van der Waals surface area contributed by atoms with Gasteiger partial charge in [-0.25, -0.2) is 4.98 Å². The van der Waals surface area contributed by atoms with Crippen LogP contribution in [0, 0.1) is 6.92 Å². The summed E-state index contributed by atoms with van der Waals surface area (Å²) in [4.78, 5) is 8.87. The van der Waals surface area contributed by atoms with E-state index in [9.17, 15) is 0 Å². The number of nitrogens with two attached hydrogens (primary N) is 1. The Morgan fingerprint density at radius 2 is 2.26 bits per heavy atom. The van der Waals surface area contributed by atoms with Crippen LogP contribution in [0.15, 0.2) is 31.1 Å². The molecule has 0 radical (unpaired) electrons. The quantitative estimate of drug-likeness (QED) is 0.837. The number of pyridine rings is 1. The Morgan fingerprint density at radius 1 is 1.47 bits per heavy atom. The number of aromatic nitrogens is 3. The average Bonchev–Trinajstić information content (AvgIpc) is 2.69. The molecule has 0 saturated carbocycles. The number of rotatable bonds is 5. The first-order valence-corrected chi connectivity index (χ1v) is 6.55. The number of hydrogen-bond acceptors (Lipinski definition) is 3. The van der Waals surface area contributed by atoms with Gasteiger partial charge in [0.15, 0.2) is 0 Å². The third-order valence-electron chi connectivity index (χ3n) is 3.17. The molecule has 0 unspecified atom stereocenters. The minimum atomic E-state index is 0.688. The number of anilines is 1. The first kappa shape index (κ1) is 13.3. The van der Waals surface area contributed by atoms with Gasteiger partial charge >= 0.3 is 0 Å². The second-order valence-electron chi connectivity index (χ2n) is 4.60. The van der Waals surface area contributed by atoms with E-state index in [-0.39, 0.29) is 0 Å². The van der Waals surface area contributed by atoms with Gasteiger partial charge in [-0.05, 0) is 25.0 Å². The van der Waals surface area contributed by atoms with Crippen molar-refractivity contribution >= 4 is 5.82 Å². The predicted octanol–water partition coefficient (Wildman–Crippen LogP) is 2.97. The standard InChI is InChI=1S/C15H20N4/c1-4-6-13-18-14(15(16)19(13)9-5-2)12-10-17-8-7-11(12)3/h5,7-8,10H,2,4,6,9,16H2,1,3H3. The van der Waals surface area contributed by atoms with Gasteiger partial charge in [-0.2, -0.15) is 0 Å². The van der Waals surface area contributed by atoms with Gasteiger partial charge < -0.3 is 10.3 Å². The van der Waals surface area contributed by atoms with E-state index in [0.717, 1.165) is 35.5 Å². The van der Waals surface area contributed by atoms with Crippen molar-refractivity contribution in [3.05, 3.63) is 42.5 Å². The Balaban J connectivity index is 2.55. The fourth-order valence-corrected chi connectivity index (χ4v) is 2.17. The molecular formula is C15H20N4. The van der Waals surface area contributed by atoms with Crippen LogP contribution >= 0.6 is 0 Å². The monoisotopic (exact) mass is 256 g/mol. The molecule has 0 aromatic carbocycles. The zero-order chi connectivity index (χ0) is 13.8. The molecule has 0 aliphatic carbocycles. The number of imidazole rings is 1. The zero-order valence-electron chi connectivity index (χ0n) is 11.6. The maximum absolute atomic E-state index is 6.25. The van der Waals surface area contributed by atoms with Crippen molar-refractivity contribution in [1.82, 2.24) is 14.5 Å². The lowest BCUT2D eigenvalue weighted by atomic mass is 10.1. The fraction of sp³-hybridized carbons (Fsp3) is 0.333.